The number of amides is 1. The standard InChI is InChI=1S/C13H20N2O2S/c1-5-8-14-12(16)11(10-7-6-9-18-10)15-17-13(2,3)4/h6-7,9H,5,8H2,1-4H3,(H,14,16). The Morgan fingerprint density at radius 2 is 2.22 bits per heavy atom. The molecule has 0 aliphatic carbocycles. The van der Waals surface area contributed by atoms with Crippen LogP contribution in [0.15, 0.2) is 22.7 Å². The molecular formula is C13H20N2O2S. The Balaban J connectivity index is 2.86. The first-order valence-corrected chi connectivity index (χ1v) is 6.90. The normalized spacial score (nSPS) is 12.3. The van der Waals surface area contributed by atoms with Gasteiger partial charge in [0.05, 0.1) is 4.88 Å². The zero-order valence-corrected chi connectivity index (χ0v) is 12.1. The van der Waals surface area contributed by atoms with E-state index in [1.165, 1.54) is 11.3 Å². The van der Waals surface area contributed by atoms with Gasteiger partial charge < -0.3 is 10.2 Å². The molecule has 0 unspecified atom stereocenters. The largest absolute Gasteiger partial charge is 0.389 e. The van der Waals surface area contributed by atoms with Crippen molar-refractivity contribution < 1.29 is 9.63 Å². The van der Waals surface area contributed by atoms with Crippen LogP contribution >= 0.6 is 11.3 Å². The van der Waals surface area contributed by atoms with Crippen molar-refractivity contribution in [3.05, 3.63) is 22.4 Å². The summed E-state index contributed by atoms with van der Waals surface area (Å²) in [6.07, 6.45) is 0.892. The molecule has 1 aromatic rings. The molecule has 0 aliphatic heterocycles. The molecule has 1 N–H and O–H groups in total. The van der Waals surface area contributed by atoms with Gasteiger partial charge in [-0.05, 0) is 38.6 Å². The van der Waals surface area contributed by atoms with Crippen molar-refractivity contribution in [2.75, 3.05) is 6.54 Å². The number of oxime groups is 1. The Hall–Kier alpha value is -1.36. The first-order valence-electron chi connectivity index (χ1n) is 6.02. The summed E-state index contributed by atoms with van der Waals surface area (Å²) in [6, 6.07) is 3.75. The van der Waals surface area contributed by atoms with E-state index in [1.807, 2.05) is 45.2 Å². The Labute approximate surface area is 112 Å². The highest BCUT2D eigenvalue weighted by Gasteiger charge is 2.18. The van der Waals surface area contributed by atoms with Gasteiger partial charge in [-0.2, -0.15) is 0 Å². The van der Waals surface area contributed by atoms with E-state index in [4.69, 9.17) is 4.84 Å². The number of hydrogen-bond donors (Lipinski definition) is 1. The topological polar surface area (TPSA) is 50.7 Å². The van der Waals surface area contributed by atoms with Crippen LogP contribution in [-0.2, 0) is 9.63 Å². The van der Waals surface area contributed by atoms with Crippen molar-refractivity contribution in [3.63, 3.8) is 0 Å². The summed E-state index contributed by atoms with van der Waals surface area (Å²) < 4.78 is 0. The smallest absolute Gasteiger partial charge is 0.274 e. The molecule has 1 amide bonds. The molecule has 1 aromatic heterocycles. The quantitative estimate of drug-likeness (QED) is 0.659. The Morgan fingerprint density at radius 3 is 2.72 bits per heavy atom. The van der Waals surface area contributed by atoms with Gasteiger partial charge in [0, 0.05) is 6.54 Å². The van der Waals surface area contributed by atoms with Crippen LogP contribution in [0.5, 0.6) is 0 Å². The summed E-state index contributed by atoms with van der Waals surface area (Å²) >= 11 is 1.47. The van der Waals surface area contributed by atoms with Gasteiger partial charge in [0.15, 0.2) is 5.71 Å². The van der Waals surface area contributed by atoms with E-state index in [2.05, 4.69) is 10.5 Å². The van der Waals surface area contributed by atoms with Gasteiger partial charge in [0.1, 0.15) is 5.60 Å². The highest BCUT2D eigenvalue weighted by molar-refractivity contribution is 7.13. The second-order valence-corrected chi connectivity index (χ2v) is 5.82. The lowest BCUT2D eigenvalue weighted by Crippen LogP contribution is -2.32. The molecule has 4 nitrogen and oxygen atoms in total. The first-order chi connectivity index (χ1) is 8.44. The molecule has 0 aromatic carbocycles. The van der Waals surface area contributed by atoms with Gasteiger partial charge in [-0.3, -0.25) is 4.79 Å². The predicted octanol–water partition coefficient (Wildman–Crippen LogP) is 2.79. The van der Waals surface area contributed by atoms with Crippen molar-refractivity contribution in [3.8, 4) is 0 Å². The number of thiophene rings is 1. The van der Waals surface area contributed by atoms with E-state index in [1.54, 1.807) is 0 Å². The monoisotopic (exact) mass is 268 g/mol. The van der Waals surface area contributed by atoms with Crippen molar-refractivity contribution in [2.45, 2.75) is 39.7 Å². The fourth-order valence-corrected chi connectivity index (χ4v) is 1.82. The van der Waals surface area contributed by atoms with Gasteiger partial charge in [-0.25, -0.2) is 0 Å². The SMILES string of the molecule is CCCNC(=O)C(=NOC(C)(C)C)c1cccs1. The maximum Gasteiger partial charge on any atom is 0.274 e. The molecule has 0 bridgehead atoms. The molecule has 5 heteroatoms. The third-order valence-corrected chi connectivity index (χ3v) is 2.79. The number of hydrogen-bond acceptors (Lipinski definition) is 4. The molecular weight excluding hydrogens is 248 g/mol. The summed E-state index contributed by atoms with van der Waals surface area (Å²) in [5, 5.41) is 8.73. The zero-order chi connectivity index (χ0) is 13.6. The van der Waals surface area contributed by atoms with Crippen molar-refractivity contribution in [1.29, 1.82) is 0 Å². The number of nitrogens with one attached hydrogen (secondary N) is 1. The average Bonchev–Trinajstić information content (AvgIpc) is 2.78. The fourth-order valence-electron chi connectivity index (χ4n) is 1.12. The molecule has 0 saturated heterocycles. The van der Waals surface area contributed by atoms with Crippen LogP contribution in [-0.4, -0.2) is 23.8 Å². The lowest BCUT2D eigenvalue weighted by Gasteiger charge is -2.16. The van der Waals surface area contributed by atoms with Gasteiger partial charge in [0.25, 0.3) is 5.91 Å². The third-order valence-electron chi connectivity index (χ3n) is 1.92. The minimum absolute atomic E-state index is 0.191. The minimum Gasteiger partial charge on any atom is -0.389 e. The van der Waals surface area contributed by atoms with Gasteiger partial charge >= 0.3 is 0 Å². The van der Waals surface area contributed by atoms with E-state index in [9.17, 15) is 4.79 Å². The summed E-state index contributed by atoms with van der Waals surface area (Å²) in [5.41, 5.74) is -0.0681. The van der Waals surface area contributed by atoms with Crippen LogP contribution in [0.3, 0.4) is 0 Å². The van der Waals surface area contributed by atoms with Crippen LogP contribution in [0.1, 0.15) is 39.0 Å². The van der Waals surface area contributed by atoms with E-state index in [0.29, 0.717) is 12.3 Å². The molecule has 100 valence electrons. The Bertz CT molecular complexity index is 405. The van der Waals surface area contributed by atoms with Gasteiger partial charge in [0.2, 0.25) is 0 Å². The Kier molecular flexibility index (Phi) is 5.34. The van der Waals surface area contributed by atoms with Crippen LogP contribution < -0.4 is 5.32 Å². The molecule has 18 heavy (non-hydrogen) atoms. The maximum atomic E-state index is 12.0. The highest BCUT2D eigenvalue weighted by atomic mass is 32.1. The average molecular weight is 268 g/mol. The van der Waals surface area contributed by atoms with E-state index in [0.717, 1.165) is 11.3 Å². The second-order valence-electron chi connectivity index (χ2n) is 4.88. The molecule has 0 aliphatic rings. The molecule has 1 rings (SSSR count). The Morgan fingerprint density at radius 1 is 1.50 bits per heavy atom. The van der Waals surface area contributed by atoms with Crippen LogP contribution in [0.25, 0.3) is 0 Å². The van der Waals surface area contributed by atoms with E-state index >= 15 is 0 Å². The number of carbonyl (C=O) groups excluding carboxylic acids is 1. The predicted molar refractivity (Wildman–Crippen MR) is 75.0 cm³/mol. The highest BCUT2D eigenvalue weighted by Crippen LogP contribution is 2.13. The maximum absolute atomic E-state index is 12.0. The van der Waals surface area contributed by atoms with Crippen LogP contribution in [0.4, 0.5) is 0 Å². The summed E-state index contributed by atoms with van der Waals surface area (Å²) in [7, 11) is 0. The van der Waals surface area contributed by atoms with E-state index < -0.39 is 5.60 Å². The number of carbonyl (C=O) groups is 1. The second kappa shape index (κ2) is 6.54. The van der Waals surface area contributed by atoms with Crippen LogP contribution in [0.2, 0.25) is 0 Å². The van der Waals surface area contributed by atoms with Gasteiger partial charge in [-0.15, -0.1) is 11.3 Å². The fraction of sp³-hybridized carbons (Fsp3) is 0.538. The zero-order valence-electron chi connectivity index (χ0n) is 11.3. The molecule has 1 heterocycles. The molecule has 0 radical (unpaired) electrons. The molecule has 0 saturated carbocycles. The summed E-state index contributed by atoms with van der Waals surface area (Å²) in [5.74, 6) is -0.191. The van der Waals surface area contributed by atoms with E-state index in [-0.39, 0.29) is 5.91 Å². The van der Waals surface area contributed by atoms with Crippen molar-refractivity contribution in [1.82, 2.24) is 5.32 Å². The number of rotatable bonds is 5. The van der Waals surface area contributed by atoms with Crippen molar-refractivity contribution >= 4 is 23.0 Å². The lowest BCUT2D eigenvalue weighted by molar-refractivity contribution is -0.115. The van der Waals surface area contributed by atoms with Crippen molar-refractivity contribution in [2.24, 2.45) is 5.16 Å². The first kappa shape index (κ1) is 14.7. The summed E-state index contributed by atoms with van der Waals surface area (Å²) in [4.78, 5) is 18.2. The summed E-state index contributed by atoms with van der Waals surface area (Å²) in [6.45, 7) is 8.33. The number of nitrogens with zero attached hydrogens (tertiary/aromatic N) is 1. The third kappa shape index (κ3) is 4.87. The molecule has 0 spiro atoms. The molecule has 0 fully saturated rings. The van der Waals surface area contributed by atoms with Crippen LogP contribution in [0, 0.1) is 0 Å². The molecule has 0 atom stereocenters. The lowest BCUT2D eigenvalue weighted by atomic mass is 10.2. The minimum atomic E-state index is -0.409. The van der Waals surface area contributed by atoms with Gasteiger partial charge in [-0.1, -0.05) is 18.1 Å².